The van der Waals surface area contributed by atoms with Crippen LogP contribution in [0.4, 0.5) is 11.4 Å². The average Bonchev–Trinajstić information content (AvgIpc) is 3.40. The number of fused-ring (bicyclic) bond motifs is 2. The van der Waals surface area contributed by atoms with Gasteiger partial charge in [0.2, 0.25) is 0 Å². The highest BCUT2D eigenvalue weighted by Crippen LogP contribution is 2.45. The Hall–Kier alpha value is -3.50. The lowest BCUT2D eigenvalue weighted by atomic mass is 9.97. The number of amides is 1. The normalized spacial score (nSPS) is 19.7. The predicted octanol–water partition coefficient (Wildman–Crippen LogP) is 2.02. The summed E-state index contributed by atoms with van der Waals surface area (Å²) in [5.74, 6) is 0.276. The van der Waals surface area contributed by atoms with Gasteiger partial charge in [0.25, 0.3) is 5.91 Å². The molecule has 5 rings (SSSR count). The molecule has 3 aromatic rings. The first-order chi connectivity index (χ1) is 16.3. The third-order valence-electron chi connectivity index (χ3n) is 6.39. The van der Waals surface area contributed by atoms with Crippen molar-refractivity contribution in [2.75, 3.05) is 43.1 Å². The number of Topliss-reactive ketones (excluding diaryl/α,β-unsaturated/α-hetero) is 1. The van der Waals surface area contributed by atoms with Crippen molar-refractivity contribution < 1.29 is 24.2 Å². The molecule has 1 fully saturated rings. The molecule has 0 bridgehead atoms. The minimum Gasteiger partial charge on any atom is -0.484 e. The van der Waals surface area contributed by atoms with Gasteiger partial charge in [0, 0.05) is 43.0 Å². The van der Waals surface area contributed by atoms with Gasteiger partial charge in [-0.1, -0.05) is 0 Å². The summed E-state index contributed by atoms with van der Waals surface area (Å²) >= 11 is 0. The van der Waals surface area contributed by atoms with E-state index in [2.05, 4.69) is 20.3 Å². The number of morpholine rings is 1. The molecule has 1 saturated heterocycles. The lowest BCUT2D eigenvalue weighted by Crippen LogP contribution is -2.37. The third kappa shape index (κ3) is 3.78. The summed E-state index contributed by atoms with van der Waals surface area (Å²) in [4.78, 5) is 31.5. The van der Waals surface area contributed by atoms with Gasteiger partial charge in [0.15, 0.2) is 11.4 Å². The molecule has 34 heavy (non-hydrogen) atoms. The molecule has 2 aliphatic rings. The SMILES string of the molecule is CC(=O)c1cnc2c(C(=O)Nc3cc4c(c(C)c3N3CCOCC3)O[C@@](C)(CO)C4)cnn2c1. The summed E-state index contributed by atoms with van der Waals surface area (Å²) in [7, 11) is 0. The maximum Gasteiger partial charge on any atom is 0.261 e. The zero-order chi connectivity index (χ0) is 24.0. The Kier molecular flexibility index (Phi) is 5.49. The highest BCUT2D eigenvalue weighted by molar-refractivity contribution is 6.10. The van der Waals surface area contributed by atoms with E-state index < -0.39 is 5.60 Å². The molecule has 4 heterocycles. The zero-order valence-corrected chi connectivity index (χ0v) is 19.4. The summed E-state index contributed by atoms with van der Waals surface area (Å²) in [6.07, 6.45) is 5.00. The number of ketones is 1. The number of nitrogens with zero attached hydrogens (tertiary/aromatic N) is 4. The van der Waals surface area contributed by atoms with Gasteiger partial charge in [-0.3, -0.25) is 9.59 Å². The number of hydrogen-bond acceptors (Lipinski definition) is 8. The smallest absolute Gasteiger partial charge is 0.261 e. The average molecular weight is 466 g/mol. The number of rotatable bonds is 5. The molecule has 0 aliphatic carbocycles. The first-order valence-electron chi connectivity index (χ1n) is 11.2. The molecular formula is C24H27N5O5. The van der Waals surface area contributed by atoms with Crippen LogP contribution in [0.1, 0.15) is 45.7 Å². The first-order valence-corrected chi connectivity index (χ1v) is 11.2. The molecule has 178 valence electrons. The summed E-state index contributed by atoms with van der Waals surface area (Å²) < 4.78 is 13.1. The Bertz CT molecular complexity index is 1300. The quantitative estimate of drug-likeness (QED) is 0.550. The molecule has 1 amide bonds. The molecule has 0 unspecified atom stereocenters. The number of nitrogens with one attached hydrogen (secondary N) is 1. The number of carbonyl (C=O) groups excluding carboxylic acids is 2. The monoisotopic (exact) mass is 465 g/mol. The number of carbonyl (C=O) groups is 2. The van der Waals surface area contributed by atoms with E-state index in [1.807, 2.05) is 19.9 Å². The number of benzene rings is 1. The molecule has 10 nitrogen and oxygen atoms in total. The lowest BCUT2D eigenvalue weighted by molar-refractivity contribution is 0.0442. The summed E-state index contributed by atoms with van der Waals surface area (Å²) in [6, 6.07) is 1.93. The molecule has 2 N–H and O–H groups in total. The zero-order valence-electron chi connectivity index (χ0n) is 19.4. The molecule has 2 aromatic heterocycles. The summed E-state index contributed by atoms with van der Waals surface area (Å²) in [5.41, 5.74) is 3.77. The van der Waals surface area contributed by atoms with Gasteiger partial charge in [-0.05, 0) is 26.8 Å². The topological polar surface area (TPSA) is 118 Å². The number of aliphatic hydroxyl groups is 1. The Morgan fingerprint density at radius 2 is 2.03 bits per heavy atom. The Labute approximate surface area is 196 Å². The van der Waals surface area contributed by atoms with Crippen LogP contribution in [0.25, 0.3) is 5.65 Å². The second-order valence-electron chi connectivity index (χ2n) is 9.05. The molecule has 0 spiro atoms. The summed E-state index contributed by atoms with van der Waals surface area (Å²) in [6.45, 7) is 7.76. The van der Waals surface area contributed by atoms with Crippen LogP contribution in [0, 0.1) is 6.92 Å². The van der Waals surface area contributed by atoms with Crippen LogP contribution in [0.5, 0.6) is 5.75 Å². The van der Waals surface area contributed by atoms with E-state index in [4.69, 9.17) is 9.47 Å². The Balaban J connectivity index is 1.54. The van der Waals surface area contributed by atoms with E-state index in [9.17, 15) is 14.7 Å². The van der Waals surface area contributed by atoms with Crippen molar-refractivity contribution in [2.45, 2.75) is 32.8 Å². The predicted molar refractivity (Wildman–Crippen MR) is 125 cm³/mol. The fraction of sp³-hybridized carbons (Fsp3) is 0.417. The van der Waals surface area contributed by atoms with E-state index >= 15 is 0 Å². The Morgan fingerprint density at radius 3 is 2.74 bits per heavy atom. The van der Waals surface area contributed by atoms with Gasteiger partial charge in [0.1, 0.15) is 16.9 Å². The minimum atomic E-state index is -0.696. The largest absolute Gasteiger partial charge is 0.484 e. The van der Waals surface area contributed by atoms with E-state index in [0.717, 1.165) is 22.6 Å². The molecule has 0 radical (unpaired) electrons. The van der Waals surface area contributed by atoms with Crippen molar-refractivity contribution in [3.8, 4) is 5.75 Å². The fourth-order valence-electron chi connectivity index (χ4n) is 4.60. The van der Waals surface area contributed by atoms with E-state index in [1.165, 1.54) is 23.8 Å². The van der Waals surface area contributed by atoms with E-state index in [1.54, 1.807) is 6.20 Å². The maximum absolute atomic E-state index is 13.4. The van der Waals surface area contributed by atoms with Crippen LogP contribution in [0.15, 0.2) is 24.7 Å². The minimum absolute atomic E-state index is 0.105. The van der Waals surface area contributed by atoms with E-state index in [0.29, 0.717) is 55.2 Å². The molecule has 1 aromatic carbocycles. The van der Waals surface area contributed by atoms with Crippen LogP contribution in [-0.4, -0.2) is 69.9 Å². The molecule has 1 atom stereocenters. The van der Waals surface area contributed by atoms with Crippen LogP contribution in [0.2, 0.25) is 0 Å². The second kappa shape index (κ2) is 8.37. The third-order valence-corrected chi connectivity index (χ3v) is 6.39. The van der Waals surface area contributed by atoms with Crippen molar-refractivity contribution in [1.82, 2.24) is 14.6 Å². The number of aliphatic hydroxyl groups excluding tert-OH is 1. The van der Waals surface area contributed by atoms with Gasteiger partial charge in [-0.2, -0.15) is 5.10 Å². The van der Waals surface area contributed by atoms with Crippen molar-refractivity contribution in [2.24, 2.45) is 0 Å². The number of anilines is 2. The lowest BCUT2D eigenvalue weighted by Gasteiger charge is -2.32. The second-order valence-corrected chi connectivity index (χ2v) is 9.05. The van der Waals surface area contributed by atoms with Gasteiger partial charge >= 0.3 is 0 Å². The highest BCUT2D eigenvalue weighted by Gasteiger charge is 2.37. The van der Waals surface area contributed by atoms with Crippen molar-refractivity contribution in [3.63, 3.8) is 0 Å². The maximum atomic E-state index is 13.4. The van der Waals surface area contributed by atoms with E-state index in [-0.39, 0.29) is 18.3 Å². The van der Waals surface area contributed by atoms with Crippen LogP contribution in [0.3, 0.4) is 0 Å². The molecule has 10 heteroatoms. The van der Waals surface area contributed by atoms with Crippen LogP contribution in [-0.2, 0) is 11.2 Å². The van der Waals surface area contributed by atoms with Crippen molar-refractivity contribution >= 4 is 28.7 Å². The summed E-state index contributed by atoms with van der Waals surface area (Å²) in [5, 5.41) is 17.1. The van der Waals surface area contributed by atoms with Crippen LogP contribution >= 0.6 is 0 Å². The molecule has 2 aliphatic heterocycles. The van der Waals surface area contributed by atoms with Crippen molar-refractivity contribution in [3.05, 3.63) is 46.9 Å². The van der Waals surface area contributed by atoms with Gasteiger partial charge in [-0.15, -0.1) is 0 Å². The van der Waals surface area contributed by atoms with Gasteiger partial charge < -0.3 is 24.8 Å². The number of ether oxygens (including phenoxy) is 2. The molecular weight excluding hydrogens is 438 g/mol. The number of aromatic nitrogens is 3. The fourth-order valence-corrected chi connectivity index (χ4v) is 4.60. The first kappa shape index (κ1) is 22.3. The Morgan fingerprint density at radius 1 is 1.26 bits per heavy atom. The van der Waals surface area contributed by atoms with Gasteiger partial charge in [0.05, 0.1) is 43.0 Å². The van der Waals surface area contributed by atoms with Crippen molar-refractivity contribution in [1.29, 1.82) is 0 Å². The van der Waals surface area contributed by atoms with Gasteiger partial charge in [-0.25, -0.2) is 9.50 Å². The highest BCUT2D eigenvalue weighted by atomic mass is 16.5. The molecule has 0 saturated carbocycles. The van der Waals surface area contributed by atoms with Crippen LogP contribution < -0.4 is 15.0 Å². The standard InChI is InChI=1S/C24H27N5O5/c1-14-20(28-4-6-33-7-5-28)19(8-16-9-24(3,13-30)34-21(14)16)27-23(32)18-11-26-29-12-17(15(2)31)10-25-22(18)29/h8,10-12,30H,4-7,9,13H2,1-3H3,(H,27,32)/t24-/m1/s1. The number of hydrogen-bond donors (Lipinski definition) is 2.